The van der Waals surface area contributed by atoms with Crippen LogP contribution in [0.5, 0.6) is 0 Å². The minimum atomic E-state index is -1.69. The van der Waals surface area contributed by atoms with Crippen LogP contribution in [0.25, 0.3) is 0 Å². The van der Waals surface area contributed by atoms with Crippen molar-refractivity contribution in [1.29, 1.82) is 0 Å². The van der Waals surface area contributed by atoms with Crippen LogP contribution >= 0.6 is 0 Å². The summed E-state index contributed by atoms with van der Waals surface area (Å²) in [4.78, 5) is 10.9. The Hall–Kier alpha value is -0.640. The van der Waals surface area contributed by atoms with E-state index in [1.165, 1.54) is 0 Å². The van der Waals surface area contributed by atoms with E-state index in [0.29, 0.717) is 12.8 Å². The number of carbonyl (C=O) groups is 1. The van der Waals surface area contributed by atoms with Crippen molar-refractivity contribution < 1.29 is 9.18 Å². The van der Waals surface area contributed by atoms with Crippen molar-refractivity contribution in [2.45, 2.75) is 37.8 Å². The van der Waals surface area contributed by atoms with E-state index in [2.05, 4.69) is 0 Å². The van der Waals surface area contributed by atoms with Crippen LogP contribution in [0.3, 0.4) is 0 Å². The maximum Gasteiger partial charge on any atom is 0.271 e. The lowest BCUT2D eigenvalue weighted by Crippen LogP contribution is -2.47. The molecular weight excluding hydrogens is 147 g/mol. The molecule has 0 unspecified atom stereocenters. The number of hydrogen-bond acceptors (Lipinski definition) is 2. The first-order chi connectivity index (χ1) is 5.19. The van der Waals surface area contributed by atoms with Crippen molar-refractivity contribution in [3.05, 3.63) is 0 Å². The van der Waals surface area contributed by atoms with Crippen molar-refractivity contribution in [2.24, 2.45) is 5.84 Å². The van der Waals surface area contributed by atoms with Crippen LogP contribution in [0, 0.1) is 0 Å². The molecule has 0 bridgehead atoms. The van der Waals surface area contributed by atoms with E-state index in [1.54, 1.807) is 0 Å². The van der Waals surface area contributed by atoms with Gasteiger partial charge in [-0.25, -0.2) is 10.2 Å². The van der Waals surface area contributed by atoms with E-state index in [4.69, 9.17) is 5.84 Å². The predicted molar refractivity (Wildman–Crippen MR) is 39.3 cm³/mol. The van der Waals surface area contributed by atoms with Crippen molar-refractivity contribution in [1.82, 2.24) is 5.43 Å². The summed E-state index contributed by atoms with van der Waals surface area (Å²) in [6.07, 6.45) is 3.21. The molecule has 1 amide bonds. The van der Waals surface area contributed by atoms with Gasteiger partial charge < -0.3 is 0 Å². The average molecular weight is 160 g/mol. The Morgan fingerprint density at radius 1 is 1.36 bits per heavy atom. The number of hydrogen-bond donors (Lipinski definition) is 2. The lowest BCUT2D eigenvalue weighted by atomic mass is 9.86. The zero-order chi connectivity index (χ0) is 8.32. The summed E-state index contributed by atoms with van der Waals surface area (Å²) >= 11 is 0. The standard InChI is InChI=1S/C7H13FN2O/c8-7(6(11)10-9)4-2-1-3-5-7/h1-5,9H2,(H,10,11). The lowest BCUT2D eigenvalue weighted by Gasteiger charge is -2.26. The minimum Gasteiger partial charge on any atom is -0.291 e. The molecule has 0 spiro atoms. The molecule has 0 heterocycles. The van der Waals surface area contributed by atoms with E-state index in [1.807, 2.05) is 5.43 Å². The second-order valence-corrected chi connectivity index (χ2v) is 3.00. The SMILES string of the molecule is NNC(=O)C1(F)CCCCC1. The minimum absolute atomic E-state index is 0.316. The molecule has 0 atom stereocenters. The molecule has 1 rings (SSSR count). The number of halogens is 1. The highest BCUT2D eigenvalue weighted by molar-refractivity contribution is 5.84. The average Bonchev–Trinajstić information content (AvgIpc) is 2.04. The predicted octanol–water partition coefficient (Wildman–Crippen LogP) is 0.649. The third-order valence-electron chi connectivity index (χ3n) is 2.18. The number of nitrogens with two attached hydrogens (primary N) is 1. The van der Waals surface area contributed by atoms with E-state index in [-0.39, 0.29) is 0 Å². The molecule has 0 aliphatic heterocycles. The fourth-order valence-corrected chi connectivity index (χ4v) is 1.47. The first-order valence-electron chi connectivity index (χ1n) is 3.89. The quantitative estimate of drug-likeness (QED) is 0.336. The molecule has 3 N–H and O–H groups in total. The fraction of sp³-hybridized carbons (Fsp3) is 0.857. The molecular formula is C7H13FN2O. The number of carbonyl (C=O) groups excluding carboxylic acids is 1. The number of alkyl halides is 1. The normalized spacial score (nSPS) is 22.7. The van der Waals surface area contributed by atoms with Gasteiger partial charge in [0.25, 0.3) is 5.91 Å². The number of amides is 1. The molecule has 1 aliphatic carbocycles. The Labute approximate surface area is 65.1 Å². The van der Waals surface area contributed by atoms with Crippen LogP contribution in [-0.2, 0) is 4.79 Å². The third kappa shape index (κ3) is 1.68. The summed E-state index contributed by atoms with van der Waals surface area (Å²) in [5.41, 5.74) is 0.174. The molecule has 1 fully saturated rings. The van der Waals surface area contributed by atoms with Gasteiger partial charge in [-0.1, -0.05) is 6.42 Å². The summed E-state index contributed by atoms with van der Waals surface area (Å²) in [6, 6.07) is 0. The fourth-order valence-electron chi connectivity index (χ4n) is 1.47. The van der Waals surface area contributed by atoms with Crippen molar-refractivity contribution in [3.8, 4) is 0 Å². The Balaban J connectivity index is 2.56. The van der Waals surface area contributed by atoms with E-state index in [9.17, 15) is 9.18 Å². The monoisotopic (exact) mass is 160 g/mol. The highest BCUT2D eigenvalue weighted by Crippen LogP contribution is 2.31. The van der Waals surface area contributed by atoms with Gasteiger partial charge in [-0.15, -0.1) is 0 Å². The van der Waals surface area contributed by atoms with Gasteiger partial charge in [-0.3, -0.25) is 10.2 Å². The van der Waals surface area contributed by atoms with Gasteiger partial charge in [0.2, 0.25) is 0 Å². The van der Waals surface area contributed by atoms with Gasteiger partial charge in [0, 0.05) is 0 Å². The second-order valence-electron chi connectivity index (χ2n) is 3.00. The molecule has 1 saturated carbocycles. The van der Waals surface area contributed by atoms with Crippen molar-refractivity contribution in [2.75, 3.05) is 0 Å². The van der Waals surface area contributed by atoms with E-state index < -0.39 is 11.6 Å². The van der Waals surface area contributed by atoms with Crippen LogP contribution in [0.1, 0.15) is 32.1 Å². The van der Waals surface area contributed by atoms with Gasteiger partial charge in [0.05, 0.1) is 0 Å². The zero-order valence-electron chi connectivity index (χ0n) is 6.40. The zero-order valence-corrected chi connectivity index (χ0v) is 6.40. The molecule has 3 nitrogen and oxygen atoms in total. The van der Waals surface area contributed by atoms with Crippen LogP contribution in [0.4, 0.5) is 4.39 Å². The topological polar surface area (TPSA) is 55.1 Å². The molecule has 11 heavy (non-hydrogen) atoms. The Kier molecular flexibility index (Phi) is 2.44. The Morgan fingerprint density at radius 3 is 2.36 bits per heavy atom. The largest absolute Gasteiger partial charge is 0.291 e. The van der Waals surface area contributed by atoms with Gasteiger partial charge in [0.1, 0.15) is 0 Å². The molecule has 64 valence electrons. The molecule has 0 aromatic carbocycles. The van der Waals surface area contributed by atoms with Gasteiger partial charge in [0.15, 0.2) is 5.67 Å². The summed E-state index contributed by atoms with van der Waals surface area (Å²) in [5.74, 6) is 4.18. The highest BCUT2D eigenvalue weighted by Gasteiger charge is 2.38. The first-order valence-corrected chi connectivity index (χ1v) is 3.89. The summed E-state index contributed by atoms with van der Waals surface area (Å²) < 4.78 is 13.5. The number of rotatable bonds is 1. The smallest absolute Gasteiger partial charge is 0.271 e. The van der Waals surface area contributed by atoms with E-state index in [0.717, 1.165) is 19.3 Å². The van der Waals surface area contributed by atoms with Gasteiger partial charge >= 0.3 is 0 Å². The second kappa shape index (κ2) is 3.17. The van der Waals surface area contributed by atoms with Crippen LogP contribution < -0.4 is 11.3 Å². The first kappa shape index (κ1) is 8.46. The van der Waals surface area contributed by atoms with E-state index >= 15 is 0 Å². The Bertz CT molecular complexity index is 155. The highest BCUT2D eigenvalue weighted by atomic mass is 19.1. The van der Waals surface area contributed by atoms with Crippen molar-refractivity contribution >= 4 is 5.91 Å². The van der Waals surface area contributed by atoms with Crippen LogP contribution in [0.15, 0.2) is 0 Å². The van der Waals surface area contributed by atoms with Crippen LogP contribution in [0.2, 0.25) is 0 Å². The number of hydrazine groups is 1. The molecule has 0 aromatic rings. The van der Waals surface area contributed by atoms with Gasteiger partial charge in [-0.2, -0.15) is 0 Å². The maximum absolute atomic E-state index is 13.5. The lowest BCUT2D eigenvalue weighted by molar-refractivity contribution is -0.135. The third-order valence-corrected chi connectivity index (χ3v) is 2.18. The number of nitrogens with one attached hydrogen (secondary N) is 1. The summed E-state index contributed by atoms with van der Waals surface area (Å²) in [6.45, 7) is 0. The summed E-state index contributed by atoms with van der Waals surface area (Å²) in [7, 11) is 0. The molecule has 4 heteroatoms. The van der Waals surface area contributed by atoms with Crippen molar-refractivity contribution in [3.63, 3.8) is 0 Å². The molecule has 0 saturated heterocycles. The maximum atomic E-state index is 13.5. The Morgan fingerprint density at radius 2 is 1.91 bits per heavy atom. The van der Waals surface area contributed by atoms with Crippen LogP contribution in [-0.4, -0.2) is 11.6 Å². The summed E-state index contributed by atoms with van der Waals surface area (Å²) in [5, 5.41) is 0. The molecule has 0 aromatic heterocycles. The molecule has 0 radical (unpaired) electrons. The molecule has 1 aliphatic rings. The van der Waals surface area contributed by atoms with Gasteiger partial charge in [-0.05, 0) is 25.7 Å².